The minimum atomic E-state index is -0.0222. The Morgan fingerprint density at radius 1 is 1.04 bits per heavy atom. The molecule has 0 amide bonds. The highest BCUT2D eigenvalue weighted by molar-refractivity contribution is 5.29. The molecule has 0 bridgehead atoms. The first kappa shape index (κ1) is 15.7. The summed E-state index contributed by atoms with van der Waals surface area (Å²) in [5.41, 5.74) is 2.53. The van der Waals surface area contributed by atoms with Crippen molar-refractivity contribution >= 4 is 0 Å². The predicted molar refractivity (Wildman–Crippen MR) is 98.0 cm³/mol. The van der Waals surface area contributed by atoms with Crippen LogP contribution in [0.2, 0.25) is 0 Å². The van der Waals surface area contributed by atoms with Gasteiger partial charge >= 0.3 is 0 Å². The molecule has 0 radical (unpaired) electrons. The van der Waals surface area contributed by atoms with Crippen LogP contribution in [0.5, 0.6) is 0 Å². The fourth-order valence-corrected chi connectivity index (χ4v) is 9.19. The standard InChI is InChI=1S/C23H34O2/c1-13-17-5-6-19-16-4-3-14-11-15(24)7-9-22(14,2)18(16)8-10-23(17,19)12-20-21(13)25-20/h14-21,24H,1,3-12H2,2H3/t14-,15+,16?,17+,18?,19?,20-,21+,22-,23-/m0/s1. The highest BCUT2D eigenvalue weighted by Gasteiger charge is 2.67. The molecule has 5 aliphatic carbocycles. The zero-order valence-electron chi connectivity index (χ0n) is 15.8. The van der Waals surface area contributed by atoms with Crippen LogP contribution in [-0.2, 0) is 4.74 Å². The summed E-state index contributed by atoms with van der Waals surface area (Å²) < 4.78 is 6.00. The molecule has 6 aliphatic rings. The average molecular weight is 343 g/mol. The van der Waals surface area contributed by atoms with E-state index < -0.39 is 0 Å². The lowest BCUT2D eigenvalue weighted by atomic mass is 9.43. The Balaban J connectivity index is 1.33. The van der Waals surface area contributed by atoms with E-state index in [1.807, 2.05) is 0 Å². The fraction of sp³-hybridized carbons (Fsp3) is 0.913. The number of aliphatic hydroxyl groups is 1. The number of hydrogen-bond donors (Lipinski definition) is 1. The average Bonchev–Trinajstić information content (AvgIpc) is 3.25. The van der Waals surface area contributed by atoms with E-state index >= 15 is 0 Å². The third kappa shape index (κ3) is 1.89. The van der Waals surface area contributed by atoms with Crippen LogP contribution in [0.25, 0.3) is 0 Å². The van der Waals surface area contributed by atoms with E-state index in [0.29, 0.717) is 23.0 Å². The Morgan fingerprint density at radius 3 is 2.80 bits per heavy atom. The van der Waals surface area contributed by atoms with Crippen LogP contribution in [-0.4, -0.2) is 23.4 Å². The summed E-state index contributed by atoms with van der Waals surface area (Å²) in [6.45, 7) is 7.11. The first-order valence-corrected chi connectivity index (χ1v) is 11.1. The van der Waals surface area contributed by atoms with E-state index in [1.165, 1.54) is 56.9 Å². The summed E-state index contributed by atoms with van der Waals surface area (Å²) in [5.74, 6) is 4.34. The Labute approximate surface area is 152 Å². The first-order valence-electron chi connectivity index (χ1n) is 11.1. The summed E-state index contributed by atoms with van der Waals surface area (Å²) in [6.07, 6.45) is 14.2. The fourth-order valence-electron chi connectivity index (χ4n) is 9.19. The molecule has 1 spiro atoms. The van der Waals surface area contributed by atoms with Crippen molar-refractivity contribution in [3.8, 4) is 0 Å². The molecule has 6 rings (SSSR count). The number of epoxide rings is 1. The second-order valence-electron chi connectivity index (χ2n) is 10.9. The van der Waals surface area contributed by atoms with Gasteiger partial charge in [-0.25, -0.2) is 0 Å². The van der Waals surface area contributed by atoms with Crippen LogP contribution >= 0.6 is 0 Å². The maximum Gasteiger partial charge on any atom is 0.105 e. The summed E-state index contributed by atoms with van der Waals surface area (Å²) in [7, 11) is 0. The van der Waals surface area contributed by atoms with Crippen LogP contribution in [0.15, 0.2) is 12.2 Å². The van der Waals surface area contributed by atoms with Gasteiger partial charge in [0.15, 0.2) is 0 Å². The lowest BCUT2D eigenvalue weighted by Gasteiger charge is -2.62. The zero-order chi connectivity index (χ0) is 17.0. The molecular formula is C23H34O2. The molecule has 0 aromatic heterocycles. The third-order valence-electron chi connectivity index (χ3n) is 10.3. The van der Waals surface area contributed by atoms with Gasteiger partial charge in [0.1, 0.15) is 6.10 Å². The summed E-state index contributed by atoms with van der Waals surface area (Å²) in [5, 5.41) is 10.2. The van der Waals surface area contributed by atoms with Gasteiger partial charge in [-0.3, -0.25) is 0 Å². The molecule has 1 saturated heterocycles. The number of rotatable bonds is 0. The second-order valence-corrected chi connectivity index (χ2v) is 10.9. The number of aliphatic hydroxyl groups excluding tert-OH is 1. The molecule has 10 atom stereocenters. The molecule has 0 aromatic rings. The highest BCUT2D eigenvalue weighted by Crippen LogP contribution is 2.72. The summed E-state index contributed by atoms with van der Waals surface area (Å²) in [6, 6.07) is 0. The van der Waals surface area contributed by atoms with Crippen LogP contribution in [0.3, 0.4) is 0 Å². The summed E-state index contributed by atoms with van der Waals surface area (Å²) in [4.78, 5) is 0. The first-order chi connectivity index (χ1) is 12.0. The molecule has 138 valence electrons. The van der Waals surface area contributed by atoms with Gasteiger partial charge in [0.25, 0.3) is 0 Å². The van der Waals surface area contributed by atoms with E-state index in [2.05, 4.69) is 13.5 Å². The molecule has 3 unspecified atom stereocenters. The summed E-state index contributed by atoms with van der Waals surface area (Å²) >= 11 is 0. The number of ether oxygens (including phenoxy) is 1. The van der Waals surface area contributed by atoms with Gasteiger partial charge in [-0.15, -0.1) is 0 Å². The maximum absolute atomic E-state index is 10.2. The smallest absolute Gasteiger partial charge is 0.105 e. The van der Waals surface area contributed by atoms with E-state index in [0.717, 1.165) is 42.4 Å². The van der Waals surface area contributed by atoms with Gasteiger partial charge in [-0.1, -0.05) is 13.5 Å². The van der Waals surface area contributed by atoms with E-state index in [9.17, 15) is 5.11 Å². The lowest BCUT2D eigenvalue weighted by Crippen LogP contribution is -2.55. The largest absolute Gasteiger partial charge is 0.393 e. The Bertz CT molecular complexity index is 613. The van der Waals surface area contributed by atoms with Crippen molar-refractivity contribution in [2.45, 2.75) is 89.4 Å². The quantitative estimate of drug-likeness (QED) is 0.511. The van der Waals surface area contributed by atoms with Gasteiger partial charge in [-0.05, 0) is 110 Å². The van der Waals surface area contributed by atoms with Crippen molar-refractivity contribution in [1.82, 2.24) is 0 Å². The SMILES string of the molecule is C=C1[C@H]2O[C@H]2C[C@]23CCC4C(CC[C@H]5C[C@H](O)CC[C@]45C)C2CC[C@H]13. The minimum Gasteiger partial charge on any atom is -0.393 e. The second kappa shape index (κ2) is 4.93. The lowest BCUT2D eigenvalue weighted by molar-refractivity contribution is -0.131. The zero-order valence-corrected chi connectivity index (χ0v) is 15.8. The topological polar surface area (TPSA) is 32.8 Å². The molecule has 1 heterocycles. The van der Waals surface area contributed by atoms with Crippen LogP contribution < -0.4 is 0 Å². The Hall–Kier alpha value is -0.340. The molecular weight excluding hydrogens is 308 g/mol. The minimum absolute atomic E-state index is 0.0222. The predicted octanol–water partition coefficient (Wildman–Crippen LogP) is 4.71. The number of fused-ring (bicyclic) bond motifs is 5. The van der Waals surface area contributed by atoms with Crippen molar-refractivity contribution in [1.29, 1.82) is 0 Å². The molecule has 2 heteroatoms. The number of hydrogen-bond acceptors (Lipinski definition) is 2. The molecule has 1 N–H and O–H groups in total. The molecule has 1 aliphatic heterocycles. The van der Waals surface area contributed by atoms with Gasteiger partial charge < -0.3 is 9.84 Å². The van der Waals surface area contributed by atoms with Crippen molar-refractivity contribution in [2.24, 2.45) is 40.4 Å². The Kier molecular flexibility index (Phi) is 3.09. The van der Waals surface area contributed by atoms with E-state index in [4.69, 9.17) is 4.74 Å². The van der Waals surface area contributed by atoms with Gasteiger partial charge in [0.05, 0.1) is 12.2 Å². The Morgan fingerprint density at radius 2 is 1.92 bits per heavy atom. The highest BCUT2D eigenvalue weighted by atomic mass is 16.6. The molecule has 25 heavy (non-hydrogen) atoms. The van der Waals surface area contributed by atoms with Crippen LogP contribution in [0.4, 0.5) is 0 Å². The van der Waals surface area contributed by atoms with E-state index in [-0.39, 0.29) is 6.10 Å². The van der Waals surface area contributed by atoms with Gasteiger partial charge in [-0.2, -0.15) is 0 Å². The van der Waals surface area contributed by atoms with Crippen LogP contribution in [0, 0.1) is 40.4 Å². The molecule has 2 nitrogen and oxygen atoms in total. The van der Waals surface area contributed by atoms with Crippen LogP contribution in [0.1, 0.15) is 71.1 Å². The van der Waals surface area contributed by atoms with Crippen molar-refractivity contribution in [3.63, 3.8) is 0 Å². The normalized spacial score (nSPS) is 62.2. The molecule has 5 saturated carbocycles. The van der Waals surface area contributed by atoms with Gasteiger partial charge in [0, 0.05) is 0 Å². The van der Waals surface area contributed by atoms with Crippen molar-refractivity contribution < 1.29 is 9.84 Å². The van der Waals surface area contributed by atoms with Crippen molar-refractivity contribution in [3.05, 3.63) is 12.2 Å². The monoisotopic (exact) mass is 342 g/mol. The van der Waals surface area contributed by atoms with Gasteiger partial charge in [0.2, 0.25) is 0 Å². The van der Waals surface area contributed by atoms with Crippen molar-refractivity contribution in [2.75, 3.05) is 0 Å². The third-order valence-corrected chi connectivity index (χ3v) is 10.3. The van der Waals surface area contributed by atoms with E-state index in [1.54, 1.807) is 0 Å². The molecule has 6 fully saturated rings. The maximum atomic E-state index is 10.2. The molecule has 0 aromatic carbocycles.